The van der Waals surface area contributed by atoms with Crippen LogP contribution in [0.2, 0.25) is 0 Å². The van der Waals surface area contributed by atoms with Gasteiger partial charge in [0.05, 0.1) is 0 Å². The molecule has 1 fully saturated rings. The van der Waals surface area contributed by atoms with Gasteiger partial charge in [-0.1, -0.05) is 12.2 Å². The highest BCUT2D eigenvalue weighted by molar-refractivity contribution is 4.94. The van der Waals surface area contributed by atoms with Crippen molar-refractivity contribution in [3.8, 4) is 0 Å². The van der Waals surface area contributed by atoms with Crippen LogP contribution in [0.1, 0.15) is 25.7 Å². The van der Waals surface area contributed by atoms with Crippen LogP contribution in [0, 0.1) is 0 Å². The van der Waals surface area contributed by atoms with Gasteiger partial charge in [0.1, 0.15) is 0 Å². The molecule has 1 aliphatic rings. The minimum absolute atomic E-state index is 0.805. The van der Waals surface area contributed by atoms with Gasteiger partial charge >= 0.3 is 0 Å². The third-order valence-electron chi connectivity index (χ3n) is 1.89. The molecule has 1 N–H and O–H groups in total. The van der Waals surface area contributed by atoms with E-state index < -0.39 is 0 Å². The Kier molecular flexibility index (Phi) is 2.90. The molecule has 0 unspecified atom stereocenters. The molecule has 0 aliphatic carbocycles. The number of hydrogen-bond acceptors (Lipinski definition) is 2. The minimum atomic E-state index is 0.805. The highest BCUT2D eigenvalue weighted by Crippen LogP contribution is 2.13. The van der Waals surface area contributed by atoms with E-state index >= 15 is 0 Å². The zero-order chi connectivity index (χ0) is 7.40. The highest BCUT2D eigenvalue weighted by Gasteiger charge is 2.05. The Bertz CT molecular complexity index is 110. The molecular formula is C8H15NO. The molecule has 2 heteroatoms. The Hall–Kier alpha value is -0.340. The van der Waals surface area contributed by atoms with E-state index in [1.54, 1.807) is 0 Å². The maximum Gasteiger partial charge on any atom is 0.0241 e. The molecule has 0 aromatic carbocycles. The summed E-state index contributed by atoms with van der Waals surface area (Å²) in [6, 6.07) is 0. The van der Waals surface area contributed by atoms with Crippen molar-refractivity contribution in [2.45, 2.75) is 25.7 Å². The molecule has 1 aliphatic heterocycles. The lowest BCUT2D eigenvalue weighted by atomic mass is 10.1. The monoisotopic (exact) mass is 141 g/mol. The summed E-state index contributed by atoms with van der Waals surface area (Å²) in [4.78, 5) is 0. The molecular weight excluding hydrogens is 126 g/mol. The molecule has 0 aromatic heterocycles. The second-order valence-corrected chi connectivity index (χ2v) is 2.91. The summed E-state index contributed by atoms with van der Waals surface area (Å²) in [7, 11) is 0. The van der Waals surface area contributed by atoms with Crippen molar-refractivity contribution in [2.75, 3.05) is 13.1 Å². The fourth-order valence-electron chi connectivity index (χ4n) is 1.26. The van der Waals surface area contributed by atoms with Crippen molar-refractivity contribution in [1.82, 2.24) is 5.06 Å². The van der Waals surface area contributed by atoms with Gasteiger partial charge in [-0.25, -0.2) is 0 Å². The number of nitrogens with zero attached hydrogens (tertiary/aromatic N) is 1. The summed E-state index contributed by atoms with van der Waals surface area (Å²) in [5.41, 5.74) is 1.34. The second kappa shape index (κ2) is 3.74. The van der Waals surface area contributed by atoms with E-state index in [0.29, 0.717) is 0 Å². The van der Waals surface area contributed by atoms with Crippen LogP contribution in [0.3, 0.4) is 0 Å². The quantitative estimate of drug-likeness (QED) is 0.520. The van der Waals surface area contributed by atoms with Crippen LogP contribution in [0.4, 0.5) is 0 Å². The molecule has 0 aromatic rings. The largest absolute Gasteiger partial charge is 0.314 e. The summed E-state index contributed by atoms with van der Waals surface area (Å²) in [5, 5.41) is 10.5. The number of allylic oxidation sites excluding steroid dienone is 1. The van der Waals surface area contributed by atoms with Crippen LogP contribution in [0.15, 0.2) is 12.2 Å². The topological polar surface area (TPSA) is 23.5 Å². The van der Waals surface area contributed by atoms with Crippen LogP contribution in [0.5, 0.6) is 0 Å². The van der Waals surface area contributed by atoms with Crippen molar-refractivity contribution in [3.05, 3.63) is 12.2 Å². The molecule has 0 atom stereocenters. The van der Waals surface area contributed by atoms with Crippen molar-refractivity contribution in [3.63, 3.8) is 0 Å². The Morgan fingerprint density at radius 3 is 2.20 bits per heavy atom. The number of rotatable bonds is 0. The summed E-state index contributed by atoms with van der Waals surface area (Å²) >= 11 is 0. The fraction of sp³-hybridized carbons (Fsp3) is 0.750. The van der Waals surface area contributed by atoms with E-state index in [9.17, 15) is 0 Å². The van der Waals surface area contributed by atoms with Gasteiger partial charge in [0.15, 0.2) is 0 Å². The first kappa shape index (κ1) is 7.76. The van der Waals surface area contributed by atoms with Gasteiger partial charge in [-0.05, 0) is 25.7 Å². The first-order valence-electron chi connectivity index (χ1n) is 3.89. The van der Waals surface area contributed by atoms with Crippen molar-refractivity contribution >= 4 is 0 Å². The Morgan fingerprint density at radius 2 is 1.70 bits per heavy atom. The van der Waals surface area contributed by atoms with E-state index in [2.05, 4.69) is 6.58 Å². The molecule has 10 heavy (non-hydrogen) atoms. The van der Waals surface area contributed by atoms with Crippen LogP contribution in [-0.4, -0.2) is 23.4 Å². The molecule has 0 bridgehead atoms. The molecule has 0 spiro atoms. The van der Waals surface area contributed by atoms with E-state index in [-0.39, 0.29) is 0 Å². The van der Waals surface area contributed by atoms with E-state index in [1.807, 2.05) is 0 Å². The maximum absolute atomic E-state index is 9.10. The molecule has 0 saturated carbocycles. The number of hydrogen-bond donors (Lipinski definition) is 1. The Labute approximate surface area is 62.1 Å². The van der Waals surface area contributed by atoms with Crippen molar-refractivity contribution in [2.24, 2.45) is 0 Å². The third-order valence-corrected chi connectivity index (χ3v) is 1.89. The van der Waals surface area contributed by atoms with Crippen LogP contribution >= 0.6 is 0 Å². The Balaban J connectivity index is 2.27. The molecule has 2 nitrogen and oxygen atoms in total. The lowest BCUT2D eigenvalue weighted by Crippen LogP contribution is -2.23. The zero-order valence-corrected chi connectivity index (χ0v) is 6.34. The minimum Gasteiger partial charge on any atom is -0.314 e. The third kappa shape index (κ3) is 2.50. The first-order valence-corrected chi connectivity index (χ1v) is 3.89. The van der Waals surface area contributed by atoms with Gasteiger partial charge in [-0.15, -0.1) is 0 Å². The van der Waals surface area contributed by atoms with Gasteiger partial charge in [-0.2, -0.15) is 5.06 Å². The van der Waals surface area contributed by atoms with Crippen molar-refractivity contribution in [1.29, 1.82) is 0 Å². The van der Waals surface area contributed by atoms with E-state index in [0.717, 1.165) is 38.8 Å². The highest BCUT2D eigenvalue weighted by atomic mass is 16.5. The average Bonchev–Trinajstić information content (AvgIpc) is 1.84. The predicted molar refractivity (Wildman–Crippen MR) is 41.0 cm³/mol. The normalized spacial score (nSPS) is 23.9. The molecule has 1 rings (SSSR count). The van der Waals surface area contributed by atoms with E-state index in [4.69, 9.17) is 5.21 Å². The molecule has 1 saturated heterocycles. The van der Waals surface area contributed by atoms with Gasteiger partial charge in [0.2, 0.25) is 0 Å². The standard InChI is InChI=1S/C8H15NO/c1-8-4-2-6-9(10)7-3-5-8/h10H,1-7H2. The molecule has 0 radical (unpaired) electrons. The lowest BCUT2D eigenvalue weighted by Gasteiger charge is -2.18. The average molecular weight is 141 g/mol. The second-order valence-electron chi connectivity index (χ2n) is 2.91. The Morgan fingerprint density at radius 1 is 1.20 bits per heavy atom. The maximum atomic E-state index is 9.10. The van der Waals surface area contributed by atoms with Gasteiger partial charge in [0.25, 0.3) is 0 Å². The lowest BCUT2D eigenvalue weighted by molar-refractivity contribution is -0.0932. The smallest absolute Gasteiger partial charge is 0.0241 e. The van der Waals surface area contributed by atoms with Gasteiger partial charge in [-0.3, -0.25) is 0 Å². The first-order chi connectivity index (χ1) is 4.79. The molecule has 0 amide bonds. The van der Waals surface area contributed by atoms with Gasteiger partial charge < -0.3 is 5.21 Å². The number of hydroxylamine groups is 2. The summed E-state index contributed by atoms with van der Waals surface area (Å²) < 4.78 is 0. The van der Waals surface area contributed by atoms with E-state index in [1.165, 1.54) is 10.6 Å². The zero-order valence-electron chi connectivity index (χ0n) is 6.34. The van der Waals surface area contributed by atoms with Crippen LogP contribution in [0.25, 0.3) is 0 Å². The van der Waals surface area contributed by atoms with Crippen molar-refractivity contribution < 1.29 is 5.21 Å². The fourth-order valence-corrected chi connectivity index (χ4v) is 1.26. The summed E-state index contributed by atoms with van der Waals surface area (Å²) in [6.45, 7) is 5.55. The summed E-state index contributed by atoms with van der Waals surface area (Å²) in [5.74, 6) is 0. The molecule has 58 valence electrons. The van der Waals surface area contributed by atoms with Crippen LogP contribution in [-0.2, 0) is 0 Å². The summed E-state index contributed by atoms with van der Waals surface area (Å²) in [6.07, 6.45) is 4.26. The van der Waals surface area contributed by atoms with Gasteiger partial charge in [0, 0.05) is 13.1 Å². The molecule has 1 heterocycles. The predicted octanol–water partition coefficient (Wildman–Crippen LogP) is 1.81. The SMILES string of the molecule is C=C1CCCN(O)CCC1. The van der Waals surface area contributed by atoms with Crippen LogP contribution < -0.4 is 0 Å².